The van der Waals surface area contributed by atoms with Crippen molar-refractivity contribution >= 4 is 41.4 Å². The van der Waals surface area contributed by atoms with Crippen LogP contribution in [-0.4, -0.2) is 74.8 Å². The van der Waals surface area contributed by atoms with E-state index in [9.17, 15) is 19.5 Å². The summed E-state index contributed by atoms with van der Waals surface area (Å²) in [5.74, 6) is 1.25. The maximum atomic E-state index is 13.7. The van der Waals surface area contributed by atoms with Crippen LogP contribution in [0.15, 0.2) is 54.6 Å². The second-order valence-electron chi connectivity index (χ2n) is 10.3. The molecule has 0 saturated carbocycles. The number of amides is 3. The number of aryl methyl sites for hydroxylation is 1. The average molecular weight is 588 g/mol. The zero-order valence-electron chi connectivity index (χ0n) is 23.7. The number of rotatable bonds is 13. The number of hydrogen-bond donors (Lipinski definition) is 3. The van der Waals surface area contributed by atoms with Crippen LogP contribution >= 0.6 is 23.5 Å². The van der Waals surface area contributed by atoms with Crippen molar-refractivity contribution < 1.29 is 24.2 Å². The molecule has 218 valence electrons. The van der Waals surface area contributed by atoms with Crippen LogP contribution in [0, 0.1) is 6.92 Å². The molecule has 2 aromatic rings. The number of nitrogens with zero attached hydrogens (tertiary/aromatic N) is 1. The normalized spacial score (nSPS) is 17.6. The van der Waals surface area contributed by atoms with E-state index in [1.54, 1.807) is 11.8 Å². The van der Waals surface area contributed by atoms with Crippen LogP contribution in [0.1, 0.15) is 43.9 Å². The second-order valence-corrected chi connectivity index (χ2v) is 13.3. The summed E-state index contributed by atoms with van der Waals surface area (Å²) >= 11 is 3.25. The lowest BCUT2D eigenvalue weighted by atomic mass is 9.97. The lowest BCUT2D eigenvalue weighted by Crippen LogP contribution is -2.58. The quantitative estimate of drug-likeness (QED) is 0.303. The molecule has 10 heteroatoms. The number of aliphatic hydroxyl groups is 1. The fourth-order valence-electron chi connectivity index (χ4n) is 4.62. The number of aliphatic hydroxyl groups excluding tert-OH is 1. The van der Waals surface area contributed by atoms with Crippen LogP contribution in [0.25, 0.3) is 0 Å². The highest BCUT2D eigenvalue weighted by Gasteiger charge is 2.49. The second kappa shape index (κ2) is 15.3. The first-order chi connectivity index (χ1) is 19.1. The molecule has 3 amide bonds. The summed E-state index contributed by atoms with van der Waals surface area (Å²) in [5.41, 5.74) is 2.91. The van der Waals surface area contributed by atoms with Crippen LogP contribution in [0.3, 0.4) is 0 Å². The molecule has 0 aliphatic carbocycles. The lowest BCUT2D eigenvalue weighted by molar-refractivity contribution is -0.147. The maximum absolute atomic E-state index is 13.7. The molecule has 1 aliphatic heterocycles. The minimum absolute atomic E-state index is 0.225. The van der Waals surface area contributed by atoms with Gasteiger partial charge in [0.15, 0.2) is 6.10 Å². The van der Waals surface area contributed by atoms with Gasteiger partial charge in [-0.25, -0.2) is 4.79 Å². The highest BCUT2D eigenvalue weighted by molar-refractivity contribution is 8.00. The van der Waals surface area contributed by atoms with Crippen molar-refractivity contribution in [2.75, 3.05) is 24.0 Å². The highest BCUT2D eigenvalue weighted by Crippen LogP contribution is 2.40. The van der Waals surface area contributed by atoms with Crippen LogP contribution in [0.2, 0.25) is 0 Å². The predicted octanol–water partition coefficient (Wildman–Crippen LogP) is 4.13. The van der Waals surface area contributed by atoms with E-state index in [2.05, 4.69) is 17.6 Å². The SMILES string of the molecule is CCSCCCOC(=O)N[C@@H](Cc1ccccc1)[C@H](O)C(=O)N1CSC(C)(C)[C@H]1C(=O)NCc1ccccc1C. The van der Waals surface area contributed by atoms with Gasteiger partial charge in [0.2, 0.25) is 5.91 Å². The number of carbonyl (C=O) groups excluding carboxylic acids is 3. The zero-order valence-corrected chi connectivity index (χ0v) is 25.4. The molecule has 3 rings (SSSR count). The van der Waals surface area contributed by atoms with Gasteiger partial charge in [0.05, 0.1) is 18.5 Å². The summed E-state index contributed by atoms with van der Waals surface area (Å²) < 4.78 is 4.75. The molecule has 8 nitrogen and oxygen atoms in total. The van der Waals surface area contributed by atoms with Crippen LogP contribution in [0.4, 0.5) is 4.79 Å². The number of benzene rings is 2. The third kappa shape index (κ3) is 8.91. The van der Waals surface area contributed by atoms with Gasteiger partial charge in [-0.2, -0.15) is 11.8 Å². The molecule has 2 aromatic carbocycles. The average Bonchev–Trinajstić information content (AvgIpc) is 3.26. The highest BCUT2D eigenvalue weighted by atomic mass is 32.2. The number of ether oxygens (including phenoxy) is 1. The molecule has 3 N–H and O–H groups in total. The van der Waals surface area contributed by atoms with Gasteiger partial charge in [0.25, 0.3) is 5.91 Å². The molecule has 3 atom stereocenters. The molecule has 0 bridgehead atoms. The van der Waals surface area contributed by atoms with Gasteiger partial charge in [0.1, 0.15) is 6.04 Å². The van der Waals surface area contributed by atoms with Gasteiger partial charge in [-0.05, 0) is 61.8 Å². The third-order valence-corrected chi connectivity index (χ3v) is 9.26. The van der Waals surface area contributed by atoms with Crippen molar-refractivity contribution in [3.63, 3.8) is 0 Å². The Morgan fingerprint density at radius 2 is 1.85 bits per heavy atom. The Labute approximate surface area is 246 Å². The van der Waals surface area contributed by atoms with Crippen molar-refractivity contribution in [2.24, 2.45) is 0 Å². The largest absolute Gasteiger partial charge is 0.450 e. The Bertz CT molecular complexity index is 1130. The zero-order chi connectivity index (χ0) is 29.1. The van der Waals surface area contributed by atoms with Crippen molar-refractivity contribution in [2.45, 2.75) is 70.0 Å². The van der Waals surface area contributed by atoms with Crippen molar-refractivity contribution in [1.82, 2.24) is 15.5 Å². The molecule has 1 aliphatic rings. The topological polar surface area (TPSA) is 108 Å². The summed E-state index contributed by atoms with van der Waals surface area (Å²) in [6.07, 6.45) is -1.30. The Hall–Kier alpha value is -2.69. The van der Waals surface area contributed by atoms with Gasteiger partial charge >= 0.3 is 6.09 Å². The number of nitrogens with one attached hydrogen (secondary N) is 2. The minimum Gasteiger partial charge on any atom is -0.450 e. The lowest BCUT2D eigenvalue weighted by Gasteiger charge is -2.33. The first-order valence-corrected chi connectivity index (χ1v) is 15.8. The van der Waals surface area contributed by atoms with Gasteiger partial charge in [-0.15, -0.1) is 11.8 Å². The number of carbonyl (C=O) groups is 3. The number of alkyl carbamates (subject to hydrolysis) is 1. The maximum Gasteiger partial charge on any atom is 0.407 e. The first kappa shape index (κ1) is 31.8. The third-order valence-electron chi connectivity index (χ3n) is 6.90. The summed E-state index contributed by atoms with van der Waals surface area (Å²) in [7, 11) is 0. The summed E-state index contributed by atoms with van der Waals surface area (Å²) in [6, 6.07) is 15.4. The standard InChI is InChI=1S/C30H41N3O5S2/c1-5-39-17-11-16-38-29(37)32-24(18-22-13-7-6-8-14-22)25(34)28(36)33-20-40-30(3,4)26(33)27(35)31-19-23-15-10-9-12-21(23)2/h6-10,12-15,24-26,34H,5,11,16-20H2,1-4H3,(H,31,35)(H,32,37)/t24-,25-,26+/m0/s1. The van der Waals surface area contributed by atoms with Gasteiger partial charge < -0.3 is 25.4 Å². The number of hydrogen-bond acceptors (Lipinski definition) is 7. The molecule has 0 aromatic heterocycles. The van der Waals surface area contributed by atoms with E-state index in [0.29, 0.717) is 6.54 Å². The van der Waals surface area contributed by atoms with Crippen LogP contribution in [0.5, 0.6) is 0 Å². The Kier molecular flexibility index (Phi) is 12.2. The Balaban J connectivity index is 1.72. The molecule has 1 fully saturated rings. The molecular weight excluding hydrogens is 546 g/mol. The number of thioether (sulfide) groups is 2. The van der Waals surface area contributed by atoms with E-state index in [4.69, 9.17) is 4.74 Å². The molecule has 40 heavy (non-hydrogen) atoms. The van der Waals surface area contributed by atoms with Gasteiger partial charge in [-0.1, -0.05) is 61.5 Å². The summed E-state index contributed by atoms with van der Waals surface area (Å²) in [4.78, 5) is 41.2. The fraction of sp³-hybridized carbons (Fsp3) is 0.500. The van der Waals surface area contributed by atoms with E-state index in [-0.39, 0.29) is 24.8 Å². The molecule has 0 spiro atoms. The van der Waals surface area contributed by atoms with Gasteiger partial charge in [-0.3, -0.25) is 9.59 Å². The first-order valence-electron chi connectivity index (χ1n) is 13.6. The fourth-order valence-corrected chi connectivity index (χ4v) is 6.37. The van der Waals surface area contributed by atoms with Crippen LogP contribution < -0.4 is 10.6 Å². The summed E-state index contributed by atoms with van der Waals surface area (Å²) in [5, 5.41) is 17.0. The van der Waals surface area contributed by atoms with E-state index in [0.717, 1.165) is 34.6 Å². The van der Waals surface area contributed by atoms with E-state index >= 15 is 0 Å². The minimum atomic E-state index is -1.57. The van der Waals surface area contributed by atoms with Crippen molar-refractivity contribution in [3.05, 3.63) is 71.3 Å². The smallest absolute Gasteiger partial charge is 0.407 e. The molecular formula is C30H41N3O5S2. The monoisotopic (exact) mass is 587 g/mol. The van der Waals surface area contributed by atoms with Gasteiger partial charge in [0, 0.05) is 11.3 Å². The van der Waals surface area contributed by atoms with Crippen molar-refractivity contribution in [3.8, 4) is 0 Å². The molecule has 1 heterocycles. The van der Waals surface area contributed by atoms with E-state index in [1.807, 2.05) is 75.4 Å². The molecule has 1 saturated heterocycles. The molecule has 0 radical (unpaired) electrons. The molecule has 0 unspecified atom stereocenters. The summed E-state index contributed by atoms with van der Waals surface area (Å²) in [6.45, 7) is 8.49. The van der Waals surface area contributed by atoms with E-state index in [1.165, 1.54) is 16.7 Å². The van der Waals surface area contributed by atoms with Crippen LogP contribution in [-0.2, 0) is 27.3 Å². The van der Waals surface area contributed by atoms with Crippen molar-refractivity contribution in [1.29, 1.82) is 0 Å². The Morgan fingerprint density at radius 1 is 1.15 bits per heavy atom. The predicted molar refractivity (Wildman–Crippen MR) is 162 cm³/mol. The van der Waals surface area contributed by atoms with E-state index < -0.39 is 34.9 Å². The Morgan fingerprint density at radius 3 is 2.55 bits per heavy atom.